The van der Waals surface area contributed by atoms with Gasteiger partial charge in [-0.25, -0.2) is 4.79 Å². The maximum atomic E-state index is 12.2. The number of amides is 3. The van der Waals surface area contributed by atoms with E-state index in [-0.39, 0.29) is 11.9 Å². The van der Waals surface area contributed by atoms with Gasteiger partial charge in [0.1, 0.15) is 0 Å². The molecular formula is C19H28N4O2. The van der Waals surface area contributed by atoms with Gasteiger partial charge in [-0.05, 0) is 31.0 Å². The molecule has 0 radical (unpaired) electrons. The molecule has 2 N–H and O–H groups in total. The van der Waals surface area contributed by atoms with Crippen LogP contribution in [0.1, 0.15) is 39.0 Å². The van der Waals surface area contributed by atoms with E-state index in [1.165, 1.54) is 19.3 Å². The van der Waals surface area contributed by atoms with Crippen LogP contribution in [-0.4, -0.2) is 49.1 Å². The molecule has 0 bridgehead atoms. The van der Waals surface area contributed by atoms with E-state index in [4.69, 9.17) is 0 Å². The molecule has 6 heteroatoms. The van der Waals surface area contributed by atoms with E-state index in [0.29, 0.717) is 6.04 Å². The summed E-state index contributed by atoms with van der Waals surface area (Å²) in [5.74, 6) is 0.134. The van der Waals surface area contributed by atoms with Crippen molar-refractivity contribution in [2.24, 2.45) is 0 Å². The lowest BCUT2D eigenvalue weighted by atomic mass is 9.96. The smallest absolute Gasteiger partial charge is 0.319 e. The highest BCUT2D eigenvalue weighted by Crippen LogP contribution is 2.21. The Morgan fingerprint density at radius 2 is 1.76 bits per heavy atom. The number of carbonyl (C=O) groups excluding carboxylic acids is 2. The molecule has 1 aromatic rings. The zero-order chi connectivity index (χ0) is 17.6. The summed E-state index contributed by atoms with van der Waals surface area (Å²) in [5.41, 5.74) is 1.89. The van der Waals surface area contributed by atoms with E-state index in [0.717, 1.165) is 50.4 Å². The molecule has 0 unspecified atom stereocenters. The second kappa shape index (κ2) is 8.23. The molecule has 1 saturated carbocycles. The standard InChI is InChI=1S/C19H28N4O2/c1-15(24)22-10-12-23(13-11-22)18-9-5-8-17(14-18)21-19(25)20-16-6-3-2-4-7-16/h5,8-9,14,16H,2-4,6-7,10-13H2,1H3,(H2,20,21,25). The Bertz CT molecular complexity index is 605. The van der Waals surface area contributed by atoms with E-state index in [1.54, 1.807) is 6.92 Å². The van der Waals surface area contributed by atoms with Gasteiger partial charge in [0.05, 0.1) is 0 Å². The van der Waals surface area contributed by atoms with Gasteiger partial charge in [-0.2, -0.15) is 0 Å². The Morgan fingerprint density at radius 1 is 1.04 bits per heavy atom. The van der Waals surface area contributed by atoms with Crippen molar-refractivity contribution in [3.8, 4) is 0 Å². The van der Waals surface area contributed by atoms with Gasteiger partial charge < -0.3 is 20.4 Å². The highest BCUT2D eigenvalue weighted by atomic mass is 16.2. The summed E-state index contributed by atoms with van der Waals surface area (Å²) in [5, 5.41) is 6.03. The summed E-state index contributed by atoms with van der Waals surface area (Å²) >= 11 is 0. The fourth-order valence-electron chi connectivity index (χ4n) is 3.66. The molecule has 2 fully saturated rings. The minimum atomic E-state index is -0.120. The third kappa shape index (κ3) is 4.87. The molecule has 1 aliphatic heterocycles. The quantitative estimate of drug-likeness (QED) is 0.886. The van der Waals surface area contributed by atoms with Crippen LogP contribution in [0.4, 0.5) is 16.2 Å². The van der Waals surface area contributed by atoms with E-state index in [1.807, 2.05) is 29.2 Å². The number of hydrogen-bond acceptors (Lipinski definition) is 3. The Kier molecular flexibility index (Phi) is 5.79. The normalized spacial score (nSPS) is 18.8. The number of hydrogen-bond donors (Lipinski definition) is 2. The van der Waals surface area contributed by atoms with Crippen LogP contribution in [0.3, 0.4) is 0 Å². The predicted molar refractivity (Wildman–Crippen MR) is 99.9 cm³/mol. The Hall–Kier alpha value is -2.24. The lowest BCUT2D eigenvalue weighted by Gasteiger charge is -2.35. The molecule has 136 valence electrons. The molecule has 1 aromatic carbocycles. The molecule has 3 amide bonds. The Labute approximate surface area is 149 Å². The van der Waals surface area contributed by atoms with Crippen LogP contribution in [0.15, 0.2) is 24.3 Å². The van der Waals surface area contributed by atoms with Crippen LogP contribution in [0.5, 0.6) is 0 Å². The summed E-state index contributed by atoms with van der Waals surface area (Å²) in [6, 6.07) is 8.11. The van der Waals surface area contributed by atoms with Crippen molar-refractivity contribution in [3.63, 3.8) is 0 Å². The summed E-state index contributed by atoms with van der Waals surface area (Å²) < 4.78 is 0. The van der Waals surface area contributed by atoms with Gasteiger partial charge in [-0.15, -0.1) is 0 Å². The molecule has 6 nitrogen and oxygen atoms in total. The largest absolute Gasteiger partial charge is 0.368 e. The third-order valence-corrected chi connectivity index (χ3v) is 5.13. The number of rotatable bonds is 3. The first-order valence-corrected chi connectivity index (χ1v) is 9.30. The van der Waals surface area contributed by atoms with Crippen LogP contribution < -0.4 is 15.5 Å². The van der Waals surface area contributed by atoms with Crippen molar-refractivity contribution < 1.29 is 9.59 Å². The van der Waals surface area contributed by atoms with Crippen LogP contribution in [-0.2, 0) is 4.79 Å². The summed E-state index contributed by atoms with van der Waals surface area (Å²) in [7, 11) is 0. The Balaban J connectivity index is 1.54. The molecule has 1 aliphatic carbocycles. The first-order chi connectivity index (χ1) is 12.1. The average molecular weight is 344 g/mol. The molecule has 3 rings (SSSR count). The predicted octanol–water partition coefficient (Wildman–Crippen LogP) is 2.81. The maximum absolute atomic E-state index is 12.2. The highest BCUT2D eigenvalue weighted by molar-refractivity contribution is 5.90. The summed E-state index contributed by atoms with van der Waals surface area (Å²) in [6.45, 7) is 4.74. The number of benzene rings is 1. The summed E-state index contributed by atoms with van der Waals surface area (Å²) in [6.07, 6.45) is 5.83. The average Bonchev–Trinajstić information content (AvgIpc) is 2.63. The van der Waals surface area contributed by atoms with Gasteiger partial charge in [0, 0.05) is 50.5 Å². The molecule has 2 aliphatic rings. The molecule has 1 heterocycles. The lowest BCUT2D eigenvalue weighted by Crippen LogP contribution is -2.48. The first-order valence-electron chi connectivity index (χ1n) is 9.30. The van der Waals surface area contributed by atoms with Gasteiger partial charge in [0.15, 0.2) is 0 Å². The molecule has 0 spiro atoms. The van der Waals surface area contributed by atoms with Crippen molar-refractivity contribution in [3.05, 3.63) is 24.3 Å². The Morgan fingerprint density at radius 3 is 2.44 bits per heavy atom. The monoisotopic (exact) mass is 344 g/mol. The lowest BCUT2D eigenvalue weighted by molar-refractivity contribution is -0.129. The van der Waals surface area contributed by atoms with Crippen LogP contribution in [0.2, 0.25) is 0 Å². The van der Waals surface area contributed by atoms with Gasteiger partial charge >= 0.3 is 6.03 Å². The SMILES string of the molecule is CC(=O)N1CCN(c2cccc(NC(=O)NC3CCCCC3)c2)CC1. The molecule has 1 saturated heterocycles. The fourth-order valence-corrected chi connectivity index (χ4v) is 3.66. The zero-order valence-corrected chi connectivity index (χ0v) is 15.0. The van der Waals surface area contributed by atoms with Crippen LogP contribution in [0, 0.1) is 0 Å². The van der Waals surface area contributed by atoms with Crippen molar-refractivity contribution in [2.45, 2.75) is 45.1 Å². The second-order valence-electron chi connectivity index (χ2n) is 6.98. The van der Waals surface area contributed by atoms with E-state index in [9.17, 15) is 9.59 Å². The zero-order valence-electron chi connectivity index (χ0n) is 15.0. The van der Waals surface area contributed by atoms with Crippen LogP contribution >= 0.6 is 0 Å². The number of anilines is 2. The highest BCUT2D eigenvalue weighted by Gasteiger charge is 2.19. The van der Waals surface area contributed by atoms with Crippen molar-refractivity contribution >= 4 is 23.3 Å². The minimum Gasteiger partial charge on any atom is -0.368 e. The molecule has 0 atom stereocenters. The number of nitrogens with zero attached hydrogens (tertiary/aromatic N) is 2. The first kappa shape index (κ1) is 17.6. The number of carbonyl (C=O) groups is 2. The number of piperazine rings is 1. The topological polar surface area (TPSA) is 64.7 Å². The maximum Gasteiger partial charge on any atom is 0.319 e. The van der Waals surface area contributed by atoms with Gasteiger partial charge in [-0.3, -0.25) is 4.79 Å². The number of nitrogens with one attached hydrogen (secondary N) is 2. The van der Waals surface area contributed by atoms with Gasteiger partial charge in [-0.1, -0.05) is 25.3 Å². The minimum absolute atomic E-state index is 0.120. The number of urea groups is 1. The van der Waals surface area contributed by atoms with Crippen molar-refractivity contribution in [1.29, 1.82) is 0 Å². The summed E-state index contributed by atoms with van der Waals surface area (Å²) in [4.78, 5) is 27.8. The third-order valence-electron chi connectivity index (χ3n) is 5.13. The fraction of sp³-hybridized carbons (Fsp3) is 0.579. The van der Waals surface area contributed by atoms with E-state index >= 15 is 0 Å². The van der Waals surface area contributed by atoms with E-state index in [2.05, 4.69) is 15.5 Å². The van der Waals surface area contributed by atoms with E-state index < -0.39 is 0 Å². The van der Waals surface area contributed by atoms with Crippen molar-refractivity contribution in [1.82, 2.24) is 10.2 Å². The second-order valence-corrected chi connectivity index (χ2v) is 6.98. The van der Waals surface area contributed by atoms with Gasteiger partial charge in [0.2, 0.25) is 5.91 Å². The molecular weight excluding hydrogens is 316 g/mol. The van der Waals surface area contributed by atoms with Gasteiger partial charge in [0.25, 0.3) is 0 Å². The molecule has 25 heavy (non-hydrogen) atoms. The van der Waals surface area contributed by atoms with Crippen LogP contribution in [0.25, 0.3) is 0 Å². The molecule has 0 aromatic heterocycles. The van der Waals surface area contributed by atoms with Crippen molar-refractivity contribution in [2.75, 3.05) is 36.4 Å².